The van der Waals surface area contributed by atoms with Crippen molar-refractivity contribution in [1.29, 1.82) is 0 Å². The van der Waals surface area contributed by atoms with Gasteiger partial charge in [-0.2, -0.15) is 0 Å². The molecule has 0 spiro atoms. The molecule has 2 aromatic rings. The van der Waals surface area contributed by atoms with Crippen molar-refractivity contribution in [2.24, 2.45) is 11.8 Å². The standard InChI is InChI=1S/C16H17ClN2O2/c1-10-7-19(9-13(10)16(20)21)8-11-4-5-14(17)12-3-2-6-18-15(11)12/h2-6,10,13H,7-9H2,1H3,(H,20,21)/t10-,13-/m1/s1. The van der Waals surface area contributed by atoms with E-state index >= 15 is 0 Å². The Morgan fingerprint density at radius 1 is 1.43 bits per heavy atom. The van der Waals surface area contributed by atoms with Crippen molar-refractivity contribution in [3.63, 3.8) is 0 Å². The van der Waals surface area contributed by atoms with Gasteiger partial charge in [0.2, 0.25) is 0 Å². The number of benzene rings is 1. The van der Waals surface area contributed by atoms with Gasteiger partial charge in [-0.1, -0.05) is 24.6 Å². The molecule has 5 heteroatoms. The number of aliphatic carboxylic acids is 1. The first kappa shape index (κ1) is 14.3. The van der Waals surface area contributed by atoms with Gasteiger partial charge in [0, 0.05) is 36.2 Å². The number of carboxylic acid groups (broad SMARTS) is 1. The zero-order chi connectivity index (χ0) is 15.0. The summed E-state index contributed by atoms with van der Waals surface area (Å²) in [5, 5.41) is 10.9. The van der Waals surface area contributed by atoms with E-state index in [9.17, 15) is 9.90 Å². The first-order valence-corrected chi connectivity index (χ1v) is 7.41. The number of hydrogen-bond donors (Lipinski definition) is 1. The zero-order valence-corrected chi connectivity index (χ0v) is 12.5. The Balaban J connectivity index is 1.87. The maximum Gasteiger partial charge on any atom is 0.308 e. The molecule has 0 aliphatic carbocycles. The van der Waals surface area contributed by atoms with E-state index in [-0.39, 0.29) is 11.8 Å². The molecule has 1 saturated heterocycles. The lowest BCUT2D eigenvalue weighted by molar-refractivity contribution is -0.142. The number of carbonyl (C=O) groups is 1. The van der Waals surface area contributed by atoms with Crippen LogP contribution in [0.3, 0.4) is 0 Å². The molecule has 1 aliphatic heterocycles. The van der Waals surface area contributed by atoms with Crippen molar-refractivity contribution >= 4 is 28.5 Å². The number of fused-ring (bicyclic) bond motifs is 1. The number of rotatable bonds is 3. The van der Waals surface area contributed by atoms with Crippen molar-refractivity contribution in [2.45, 2.75) is 13.5 Å². The quantitative estimate of drug-likeness (QED) is 0.947. The lowest BCUT2D eigenvalue weighted by atomic mass is 9.99. The maximum absolute atomic E-state index is 11.2. The van der Waals surface area contributed by atoms with Gasteiger partial charge >= 0.3 is 5.97 Å². The molecule has 1 fully saturated rings. The third-order valence-corrected chi connectivity index (χ3v) is 4.53. The van der Waals surface area contributed by atoms with Crippen LogP contribution in [-0.4, -0.2) is 34.0 Å². The van der Waals surface area contributed by atoms with Crippen LogP contribution in [0, 0.1) is 11.8 Å². The third-order valence-electron chi connectivity index (χ3n) is 4.20. The Morgan fingerprint density at radius 3 is 2.95 bits per heavy atom. The molecular formula is C16H17ClN2O2. The molecule has 0 unspecified atom stereocenters. The molecule has 0 radical (unpaired) electrons. The van der Waals surface area contributed by atoms with Gasteiger partial charge in [-0.15, -0.1) is 0 Å². The summed E-state index contributed by atoms with van der Waals surface area (Å²) in [5.74, 6) is -0.811. The molecule has 1 N–H and O–H groups in total. The smallest absolute Gasteiger partial charge is 0.308 e. The highest BCUT2D eigenvalue weighted by Gasteiger charge is 2.34. The van der Waals surface area contributed by atoms with Crippen LogP contribution in [0.15, 0.2) is 30.5 Å². The predicted molar refractivity (Wildman–Crippen MR) is 82.3 cm³/mol. The van der Waals surface area contributed by atoms with Crippen LogP contribution in [0.5, 0.6) is 0 Å². The largest absolute Gasteiger partial charge is 0.481 e. The number of likely N-dealkylation sites (tertiary alicyclic amines) is 1. The highest BCUT2D eigenvalue weighted by molar-refractivity contribution is 6.35. The molecule has 2 atom stereocenters. The monoisotopic (exact) mass is 304 g/mol. The third kappa shape index (κ3) is 2.74. The summed E-state index contributed by atoms with van der Waals surface area (Å²) in [7, 11) is 0. The first-order valence-electron chi connectivity index (χ1n) is 7.03. The van der Waals surface area contributed by atoms with Crippen molar-refractivity contribution < 1.29 is 9.90 Å². The second-order valence-electron chi connectivity index (χ2n) is 5.72. The summed E-state index contributed by atoms with van der Waals surface area (Å²) in [6, 6.07) is 7.70. The summed E-state index contributed by atoms with van der Waals surface area (Å²) in [6.07, 6.45) is 1.76. The van der Waals surface area contributed by atoms with Crippen LogP contribution < -0.4 is 0 Å². The normalized spacial score (nSPS) is 22.8. The fraction of sp³-hybridized carbons (Fsp3) is 0.375. The van der Waals surface area contributed by atoms with Crippen LogP contribution >= 0.6 is 11.6 Å². The Kier molecular flexibility index (Phi) is 3.83. The number of halogens is 1. The predicted octanol–water partition coefficient (Wildman–Crippen LogP) is 3.04. The summed E-state index contributed by atoms with van der Waals surface area (Å²) in [5.41, 5.74) is 1.99. The van der Waals surface area contributed by atoms with E-state index in [1.807, 2.05) is 31.2 Å². The Morgan fingerprint density at radius 2 is 2.24 bits per heavy atom. The molecule has 4 nitrogen and oxygen atoms in total. The van der Waals surface area contributed by atoms with Gasteiger partial charge in [0.1, 0.15) is 0 Å². The highest BCUT2D eigenvalue weighted by Crippen LogP contribution is 2.29. The summed E-state index contributed by atoms with van der Waals surface area (Å²) in [4.78, 5) is 17.8. The van der Waals surface area contributed by atoms with Crippen molar-refractivity contribution in [3.05, 3.63) is 41.0 Å². The van der Waals surface area contributed by atoms with Gasteiger partial charge in [0.15, 0.2) is 0 Å². The lowest BCUT2D eigenvalue weighted by Gasteiger charge is -2.16. The van der Waals surface area contributed by atoms with Gasteiger partial charge in [-0.05, 0) is 29.7 Å². The van der Waals surface area contributed by atoms with Crippen molar-refractivity contribution in [2.75, 3.05) is 13.1 Å². The molecule has 1 aliphatic rings. The van der Waals surface area contributed by atoms with E-state index in [0.29, 0.717) is 18.1 Å². The summed E-state index contributed by atoms with van der Waals surface area (Å²) >= 11 is 6.20. The van der Waals surface area contributed by atoms with Crippen LogP contribution in [0.1, 0.15) is 12.5 Å². The fourth-order valence-electron chi connectivity index (χ4n) is 3.08. The zero-order valence-electron chi connectivity index (χ0n) is 11.8. The Bertz CT molecular complexity index is 689. The molecule has 110 valence electrons. The van der Waals surface area contributed by atoms with Crippen molar-refractivity contribution in [1.82, 2.24) is 9.88 Å². The van der Waals surface area contributed by atoms with Crippen LogP contribution in [0.25, 0.3) is 10.9 Å². The van der Waals surface area contributed by atoms with Gasteiger partial charge in [-0.25, -0.2) is 0 Å². The summed E-state index contributed by atoms with van der Waals surface area (Å²) in [6.45, 7) is 4.09. The number of carboxylic acids is 1. The minimum atomic E-state index is -0.705. The molecule has 0 saturated carbocycles. The summed E-state index contributed by atoms with van der Waals surface area (Å²) < 4.78 is 0. The lowest BCUT2D eigenvalue weighted by Crippen LogP contribution is -2.23. The van der Waals surface area contributed by atoms with E-state index in [0.717, 1.165) is 23.0 Å². The molecule has 1 aromatic heterocycles. The number of hydrogen-bond acceptors (Lipinski definition) is 3. The Labute approximate surface area is 128 Å². The number of pyridine rings is 1. The van der Waals surface area contributed by atoms with Crippen LogP contribution in [0.2, 0.25) is 5.02 Å². The van der Waals surface area contributed by atoms with Gasteiger partial charge in [-0.3, -0.25) is 14.7 Å². The van der Waals surface area contributed by atoms with Crippen molar-refractivity contribution in [3.8, 4) is 0 Å². The number of nitrogens with zero attached hydrogens (tertiary/aromatic N) is 2. The highest BCUT2D eigenvalue weighted by atomic mass is 35.5. The Hall–Kier alpha value is -1.65. The van der Waals surface area contributed by atoms with Gasteiger partial charge < -0.3 is 5.11 Å². The molecular weight excluding hydrogens is 288 g/mol. The second kappa shape index (κ2) is 5.62. The minimum Gasteiger partial charge on any atom is -0.481 e. The van der Waals surface area contributed by atoms with Crippen LogP contribution in [-0.2, 0) is 11.3 Å². The second-order valence-corrected chi connectivity index (χ2v) is 6.13. The van der Waals surface area contributed by atoms with E-state index in [2.05, 4.69) is 9.88 Å². The average Bonchev–Trinajstić information content (AvgIpc) is 2.83. The van der Waals surface area contributed by atoms with E-state index in [4.69, 9.17) is 11.6 Å². The van der Waals surface area contributed by atoms with E-state index in [1.165, 1.54) is 0 Å². The molecule has 0 amide bonds. The number of aromatic nitrogens is 1. The maximum atomic E-state index is 11.2. The fourth-order valence-corrected chi connectivity index (χ4v) is 3.30. The van der Waals surface area contributed by atoms with E-state index in [1.54, 1.807) is 6.20 Å². The van der Waals surface area contributed by atoms with Crippen LogP contribution in [0.4, 0.5) is 0 Å². The molecule has 2 heterocycles. The molecule has 0 bridgehead atoms. The van der Waals surface area contributed by atoms with Gasteiger partial charge in [0.25, 0.3) is 0 Å². The topological polar surface area (TPSA) is 53.4 Å². The molecule has 21 heavy (non-hydrogen) atoms. The minimum absolute atomic E-state index is 0.175. The SMILES string of the molecule is C[C@@H]1CN(Cc2ccc(Cl)c3cccnc23)C[C@H]1C(=O)O. The average molecular weight is 305 g/mol. The molecule has 3 rings (SSSR count). The first-order chi connectivity index (χ1) is 10.1. The van der Waals surface area contributed by atoms with E-state index < -0.39 is 5.97 Å². The van der Waals surface area contributed by atoms with Gasteiger partial charge in [0.05, 0.1) is 11.4 Å². The molecule has 1 aromatic carbocycles.